The lowest BCUT2D eigenvalue weighted by Crippen LogP contribution is -2.12. The monoisotopic (exact) mass is 460 g/mol. The zero-order valence-corrected chi connectivity index (χ0v) is 19.2. The first kappa shape index (κ1) is 23.7. The van der Waals surface area contributed by atoms with Gasteiger partial charge < -0.3 is 24.1 Å². The molecule has 0 aliphatic heterocycles. The van der Waals surface area contributed by atoms with Crippen molar-refractivity contribution < 1.29 is 28.8 Å². The maximum absolute atomic E-state index is 12.2. The number of ether oxygens (including phenoxy) is 4. The molecule has 1 N–H and O–H groups in total. The van der Waals surface area contributed by atoms with E-state index < -0.39 is 5.97 Å². The molecule has 0 fully saturated rings. The summed E-state index contributed by atoms with van der Waals surface area (Å²) in [4.78, 5) is 12.2. The Hall–Kier alpha value is -3.45. The zero-order chi connectivity index (χ0) is 23.8. The van der Waals surface area contributed by atoms with Crippen molar-refractivity contribution in [1.82, 2.24) is 0 Å². The molecule has 0 atom stereocenters. The SMILES string of the molecule is COCCOCCOCCOc1ccc2ccccc2c1-c1c(C(=O)O)ccc2ccccc12. The minimum absolute atomic E-state index is 0.240. The van der Waals surface area contributed by atoms with Crippen LogP contribution >= 0.6 is 0 Å². The number of hydrogen-bond acceptors (Lipinski definition) is 5. The molecule has 4 rings (SSSR count). The molecule has 4 aromatic rings. The molecular formula is C28H28O6. The summed E-state index contributed by atoms with van der Waals surface area (Å²) >= 11 is 0. The van der Waals surface area contributed by atoms with Gasteiger partial charge in [-0.15, -0.1) is 0 Å². The van der Waals surface area contributed by atoms with Gasteiger partial charge in [-0.25, -0.2) is 4.79 Å². The van der Waals surface area contributed by atoms with Gasteiger partial charge in [0.05, 0.1) is 38.6 Å². The van der Waals surface area contributed by atoms with Crippen molar-refractivity contribution in [2.45, 2.75) is 0 Å². The molecule has 0 amide bonds. The Bertz CT molecular complexity index is 1270. The van der Waals surface area contributed by atoms with Crippen LogP contribution in [0, 0.1) is 0 Å². The van der Waals surface area contributed by atoms with E-state index in [1.165, 1.54) is 0 Å². The molecule has 0 radical (unpaired) electrons. The predicted octanol–water partition coefficient (Wildman–Crippen LogP) is 5.42. The highest BCUT2D eigenvalue weighted by molar-refractivity contribution is 6.14. The Morgan fingerprint density at radius 2 is 1.24 bits per heavy atom. The first-order valence-electron chi connectivity index (χ1n) is 11.2. The molecule has 6 nitrogen and oxygen atoms in total. The number of carbonyl (C=O) groups is 1. The number of hydrogen-bond donors (Lipinski definition) is 1. The average molecular weight is 461 g/mol. The molecule has 0 spiro atoms. The molecular weight excluding hydrogens is 432 g/mol. The van der Waals surface area contributed by atoms with Crippen molar-refractivity contribution >= 4 is 27.5 Å². The fraction of sp³-hybridized carbons (Fsp3) is 0.250. The van der Waals surface area contributed by atoms with E-state index in [-0.39, 0.29) is 5.56 Å². The fourth-order valence-electron chi connectivity index (χ4n) is 4.02. The molecule has 6 heteroatoms. The number of carboxylic acids is 1. The van der Waals surface area contributed by atoms with Crippen LogP contribution < -0.4 is 4.74 Å². The normalized spacial score (nSPS) is 11.2. The highest BCUT2D eigenvalue weighted by atomic mass is 16.6. The Morgan fingerprint density at radius 3 is 1.88 bits per heavy atom. The molecule has 0 bridgehead atoms. The van der Waals surface area contributed by atoms with Crippen molar-refractivity contribution in [1.29, 1.82) is 0 Å². The largest absolute Gasteiger partial charge is 0.491 e. The van der Waals surface area contributed by atoms with Gasteiger partial charge in [0.25, 0.3) is 0 Å². The first-order chi connectivity index (χ1) is 16.7. The average Bonchev–Trinajstić information content (AvgIpc) is 2.87. The van der Waals surface area contributed by atoms with Gasteiger partial charge in [-0.1, -0.05) is 60.7 Å². The molecule has 0 unspecified atom stereocenters. The number of carboxylic acid groups (broad SMARTS) is 1. The summed E-state index contributed by atoms with van der Waals surface area (Å²) in [6.45, 7) is 2.76. The van der Waals surface area contributed by atoms with Crippen molar-refractivity contribution in [2.75, 3.05) is 46.8 Å². The molecule has 0 aliphatic rings. The maximum Gasteiger partial charge on any atom is 0.336 e. The van der Waals surface area contributed by atoms with Crippen LogP contribution in [0.5, 0.6) is 5.75 Å². The second kappa shape index (κ2) is 11.6. The van der Waals surface area contributed by atoms with Gasteiger partial charge in [-0.05, 0) is 33.7 Å². The highest BCUT2D eigenvalue weighted by Crippen LogP contribution is 2.42. The van der Waals surface area contributed by atoms with Gasteiger partial charge in [0.15, 0.2) is 0 Å². The second-order valence-corrected chi connectivity index (χ2v) is 7.74. The van der Waals surface area contributed by atoms with Crippen LogP contribution in [0.4, 0.5) is 0 Å². The van der Waals surface area contributed by atoms with E-state index in [1.54, 1.807) is 13.2 Å². The van der Waals surface area contributed by atoms with Crippen LogP contribution in [-0.2, 0) is 14.2 Å². The third-order valence-electron chi connectivity index (χ3n) is 5.59. The molecule has 0 aliphatic carbocycles. The Labute approximate surface area is 198 Å². The number of benzene rings is 4. The lowest BCUT2D eigenvalue weighted by molar-refractivity contribution is 0.0180. The Kier molecular flexibility index (Phi) is 8.09. The highest BCUT2D eigenvalue weighted by Gasteiger charge is 2.21. The summed E-state index contributed by atoms with van der Waals surface area (Å²) < 4.78 is 22.1. The van der Waals surface area contributed by atoms with Gasteiger partial charge in [-0.2, -0.15) is 0 Å². The van der Waals surface area contributed by atoms with Gasteiger partial charge in [0.2, 0.25) is 0 Å². The van der Waals surface area contributed by atoms with Gasteiger partial charge in [0, 0.05) is 18.2 Å². The summed E-state index contributed by atoms with van der Waals surface area (Å²) in [7, 11) is 1.63. The van der Waals surface area contributed by atoms with Crippen molar-refractivity contribution in [3.05, 3.63) is 78.4 Å². The van der Waals surface area contributed by atoms with Gasteiger partial charge in [-0.3, -0.25) is 0 Å². The summed E-state index contributed by atoms with van der Waals surface area (Å²) in [5.41, 5.74) is 1.67. The standard InChI is InChI=1S/C28H28O6/c1-31-14-15-32-16-17-33-18-19-34-25-13-11-21-7-3-5-9-23(21)27(25)26-22-8-4-2-6-20(22)10-12-24(26)28(29)30/h2-13H,14-19H2,1H3,(H,29,30). The van der Waals surface area contributed by atoms with E-state index in [0.29, 0.717) is 51.0 Å². The Morgan fingerprint density at radius 1 is 0.676 bits per heavy atom. The molecule has 0 saturated carbocycles. The molecule has 4 aromatic carbocycles. The molecule has 0 saturated heterocycles. The Balaban J connectivity index is 1.65. The van der Waals surface area contributed by atoms with Crippen LogP contribution in [0.1, 0.15) is 10.4 Å². The number of rotatable bonds is 12. The van der Waals surface area contributed by atoms with Gasteiger partial charge >= 0.3 is 5.97 Å². The lowest BCUT2D eigenvalue weighted by Gasteiger charge is -2.18. The third kappa shape index (κ3) is 5.37. The second-order valence-electron chi connectivity index (χ2n) is 7.74. The quantitative estimate of drug-likeness (QED) is 0.285. The van der Waals surface area contributed by atoms with Gasteiger partial charge in [0.1, 0.15) is 12.4 Å². The molecule has 34 heavy (non-hydrogen) atoms. The zero-order valence-electron chi connectivity index (χ0n) is 19.2. The predicted molar refractivity (Wildman–Crippen MR) is 133 cm³/mol. The number of fused-ring (bicyclic) bond motifs is 2. The molecule has 176 valence electrons. The van der Waals surface area contributed by atoms with Crippen LogP contribution in [0.2, 0.25) is 0 Å². The van der Waals surface area contributed by atoms with Crippen molar-refractivity contribution in [2.24, 2.45) is 0 Å². The van der Waals surface area contributed by atoms with E-state index in [0.717, 1.165) is 27.1 Å². The fourth-order valence-corrected chi connectivity index (χ4v) is 4.02. The minimum Gasteiger partial charge on any atom is -0.491 e. The summed E-state index contributed by atoms with van der Waals surface area (Å²) in [6, 6.07) is 23.1. The maximum atomic E-state index is 12.2. The van der Waals surface area contributed by atoms with Crippen LogP contribution in [0.25, 0.3) is 32.7 Å². The van der Waals surface area contributed by atoms with Crippen LogP contribution in [0.3, 0.4) is 0 Å². The van der Waals surface area contributed by atoms with E-state index in [1.807, 2.05) is 66.7 Å². The lowest BCUT2D eigenvalue weighted by atomic mass is 9.89. The molecule has 0 heterocycles. The number of methoxy groups -OCH3 is 1. The van der Waals surface area contributed by atoms with Crippen LogP contribution in [0.15, 0.2) is 72.8 Å². The van der Waals surface area contributed by atoms with Crippen molar-refractivity contribution in [3.8, 4) is 16.9 Å². The van der Waals surface area contributed by atoms with Crippen LogP contribution in [-0.4, -0.2) is 57.8 Å². The van der Waals surface area contributed by atoms with Crippen molar-refractivity contribution in [3.63, 3.8) is 0 Å². The summed E-state index contributed by atoms with van der Waals surface area (Å²) in [6.07, 6.45) is 0. The first-order valence-corrected chi connectivity index (χ1v) is 11.2. The summed E-state index contributed by atoms with van der Waals surface area (Å²) in [5.74, 6) is -0.353. The summed E-state index contributed by atoms with van der Waals surface area (Å²) in [5, 5.41) is 13.8. The smallest absolute Gasteiger partial charge is 0.336 e. The third-order valence-corrected chi connectivity index (χ3v) is 5.59. The van der Waals surface area contributed by atoms with E-state index in [2.05, 4.69) is 0 Å². The topological polar surface area (TPSA) is 74.2 Å². The minimum atomic E-state index is -0.976. The molecule has 0 aromatic heterocycles. The van der Waals surface area contributed by atoms with E-state index in [4.69, 9.17) is 18.9 Å². The van der Waals surface area contributed by atoms with E-state index >= 15 is 0 Å². The van der Waals surface area contributed by atoms with E-state index in [9.17, 15) is 9.90 Å². The number of aromatic carboxylic acids is 1.